The second kappa shape index (κ2) is 17.8. The number of benzene rings is 7. The lowest BCUT2D eigenvalue weighted by Crippen LogP contribution is -2.37. The maximum atomic E-state index is 8.01. The van der Waals surface area contributed by atoms with Crippen LogP contribution in [0, 0.1) is 67.7 Å². The van der Waals surface area contributed by atoms with Crippen molar-refractivity contribution in [3.63, 3.8) is 0 Å². The lowest BCUT2D eigenvalue weighted by atomic mass is 9.61. The first kappa shape index (κ1) is 57.5. The van der Waals surface area contributed by atoms with E-state index in [2.05, 4.69) is 218 Å². The van der Waals surface area contributed by atoms with Crippen LogP contribution in [0.5, 0.6) is 0 Å². The van der Waals surface area contributed by atoms with Crippen LogP contribution in [-0.4, -0.2) is 21.3 Å². The Morgan fingerprint density at radius 2 is 0.548 bits per heavy atom. The van der Waals surface area contributed by atoms with E-state index in [9.17, 15) is 0 Å². The van der Waals surface area contributed by atoms with E-state index in [0.717, 1.165) is 38.5 Å². The van der Waals surface area contributed by atoms with Crippen molar-refractivity contribution in [1.82, 2.24) is 0 Å². The second-order valence-electron chi connectivity index (χ2n) is 32.1. The number of hydrogen-bond donors (Lipinski definition) is 0. The fourth-order valence-corrected chi connectivity index (χ4v) is 20.0. The predicted octanol–water partition coefficient (Wildman–Crippen LogP) is 20.2. The Balaban J connectivity index is 1.40. The standard InChI is InChI=1S/C81H96O3/c1-43-29-46(4)67(47(5)30-43)79(82-22)57-38-56-52(41-73(10,11)42-78(56,20)21)35-53(57)64-70(79)65-55-37-61-63(77(18,19)28-26-75(61,14)15)40-59(55)81(84-24,69-50(8)33-45(3)34-51(69)9)72(65)66-54-36-60-62(76(16,17)27-25-74(60,12)13)39-58(54)80(83-23,71(64)66)68-48(6)31-44(2)32-49(68)7/h29-40H,25-28,41-42H2,1-24H3. The Hall–Kier alpha value is -5.58. The van der Waals surface area contributed by atoms with Crippen molar-refractivity contribution in [2.45, 2.75) is 228 Å². The van der Waals surface area contributed by atoms with E-state index in [1.807, 2.05) is 21.3 Å². The summed E-state index contributed by atoms with van der Waals surface area (Å²) >= 11 is 0. The van der Waals surface area contributed by atoms with Crippen molar-refractivity contribution >= 4 is 0 Å². The summed E-state index contributed by atoms with van der Waals surface area (Å²) in [5.74, 6) is 0. The molecule has 0 N–H and O–H groups in total. The quantitative estimate of drug-likeness (QED) is 0.166. The zero-order valence-corrected chi connectivity index (χ0v) is 55.9. The fourth-order valence-electron chi connectivity index (χ4n) is 20.0. The maximum Gasteiger partial charge on any atom is 0.145 e. The van der Waals surface area contributed by atoms with E-state index in [1.165, 1.54) is 167 Å². The smallest absolute Gasteiger partial charge is 0.145 e. The minimum atomic E-state index is -1.08. The summed E-state index contributed by atoms with van der Waals surface area (Å²) in [6, 6.07) is 30.5. The molecule has 3 heteroatoms. The van der Waals surface area contributed by atoms with Gasteiger partial charge in [0.05, 0.1) is 0 Å². The van der Waals surface area contributed by atoms with E-state index in [1.54, 1.807) is 0 Å². The van der Waals surface area contributed by atoms with Crippen LogP contribution in [0.4, 0.5) is 0 Å². The molecule has 13 rings (SSSR count). The number of fused-ring (bicyclic) bond motifs is 15. The van der Waals surface area contributed by atoms with E-state index in [0.29, 0.717) is 0 Å². The van der Waals surface area contributed by atoms with E-state index in [4.69, 9.17) is 14.2 Å². The van der Waals surface area contributed by atoms with Crippen molar-refractivity contribution in [3.8, 4) is 33.4 Å². The van der Waals surface area contributed by atoms with Crippen LogP contribution in [0.25, 0.3) is 33.4 Å². The third kappa shape index (κ3) is 7.28. The van der Waals surface area contributed by atoms with E-state index < -0.39 is 16.8 Å². The van der Waals surface area contributed by atoms with Gasteiger partial charge in [-0.25, -0.2) is 0 Å². The number of hydrogen-bond acceptors (Lipinski definition) is 3. The third-order valence-electron chi connectivity index (χ3n) is 23.1. The molecule has 6 aliphatic carbocycles. The number of aryl methyl sites for hydroxylation is 9. The molecule has 0 aliphatic heterocycles. The van der Waals surface area contributed by atoms with Gasteiger partial charge in [0.25, 0.3) is 0 Å². The Labute approximate surface area is 505 Å². The molecule has 3 atom stereocenters. The van der Waals surface area contributed by atoms with Crippen LogP contribution in [0.2, 0.25) is 0 Å². The zero-order valence-electron chi connectivity index (χ0n) is 55.9. The van der Waals surface area contributed by atoms with Gasteiger partial charge >= 0.3 is 0 Å². The summed E-state index contributed by atoms with van der Waals surface area (Å²) in [6.07, 6.45) is 6.51. The molecule has 0 aromatic heterocycles. The Morgan fingerprint density at radius 1 is 0.286 bits per heavy atom. The normalized spacial score (nSPS) is 24.3. The highest BCUT2D eigenvalue weighted by Gasteiger charge is 2.63. The largest absolute Gasteiger partial charge is 0.364 e. The first-order valence-corrected chi connectivity index (χ1v) is 31.8. The van der Waals surface area contributed by atoms with Gasteiger partial charge in [0.1, 0.15) is 16.8 Å². The lowest BCUT2D eigenvalue weighted by molar-refractivity contribution is 0.0545. The van der Waals surface area contributed by atoms with Crippen LogP contribution in [-0.2, 0) is 64.5 Å². The SMILES string of the molecule is COC1(c2c(C)cc(C)cc2C)c2cc3c(cc2-c2c1c1c(c4c2C(OC)(c2c(C)cc(C)cc2C)c2cc5c(cc2-4)C(C)(C)CCC5(C)C)C(OC)(c2c(C)cc(C)cc2C)c2cc4c(cc2-1)C(C)(C)CCC4(C)C)CC(C)(C)CC3(C)C. The van der Waals surface area contributed by atoms with Crippen LogP contribution in [0.3, 0.4) is 0 Å². The van der Waals surface area contributed by atoms with Crippen LogP contribution >= 0.6 is 0 Å². The molecule has 0 fully saturated rings. The maximum absolute atomic E-state index is 8.01. The van der Waals surface area contributed by atoms with Gasteiger partial charge in [-0.3, -0.25) is 0 Å². The molecule has 84 heavy (non-hydrogen) atoms. The van der Waals surface area contributed by atoms with Gasteiger partial charge in [-0.05, 0) is 262 Å². The highest BCUT2D eigenvalue weighted by atomic mass is 16.5. The molecule has 0 heterocycles. The summed E-state index contributed by atoms with van der Waals surface area (Å²) in [5.41, 5.74) is 34.8. The van der Waals surface area contributed by atoms with Gasteiger partial charge in [-0.2, -0.15) is 0 Å². The minimum absolute atomic E-state index is 0.0757. The molecule has 0 bridgehead atoms. The number of rotatable bonds is 6. The molecule has 0 saturated carbocycles. The first-order valence-electron chi connectivity index (χ1n) is 31.8. The Morgan fingerprint density at radius 3 is 0.833 bits per heavy atom. The molecule has 3 unspecified atom stereocenters. The molecule has 6 aliphatic rings. The Bertz CT molecular complexity index is 3970. The minimum Gasteiger partial charge on any atom is -0.364 e. The summed E-state index contributed by atoms with van der Waals surface area (Å²) in [6.45, 7) is 50.8. The van der Waals surface area contributed by atoms with E-state index in [-0.39, 0.29) is 32.5 Å². The van der Waals surface area contributed by atoms with Gasteiger partial charge in [0.2, 0.25) is 0 Å². The lowest BCUT2D eigenvalue weighted by Gasteiger charge is -2.43. The molecule has 0 amide bonds. The zero-order chi connectivity index (χ0) is 60.7. The molecular formula is C81H96O3. The fraction of sp³-hybridized carbons (Fsp3) is 0.481. The van der Waals surface area contributed by atoms with Crippen molar-refractivity contribution in [2.24, 2.45) is 5.41 Å². The van der Waals surface area contributed by atoms with Gasteiger partial charge in [0, 0.05) is 54.7 Å². The highest BCUT2D eigenvalue weighted by Crippen LogP contribution is 2.73. The molecule has 0 radical (unpaired) electrons. The average molecular weight is 1120 g/mol. The number of methoxy groups -OCH3 is 3. The summed E-state index contributed by atoms with van der Waals surface area (Å²) in [5, 5.41) is 0. The topological polar surface area (TPSA) is 27.7 Å². The van der Waals surface area contributed by atoms with Gasteiger partial charge in [-0.1, -0.05) is 160 Å². The van der Waals surface area contributed by atoms with Crippen LogP contribution in [0.1, 0.15) is 249 Å². The molecule has 0 saturated heterocycles. The second-order valence-corrected chi connectivity index (χ2v) is 32.1. The van der Waals surface area contributed by atoms with E-state index >= 15 is 0 Å². The van der Waals surface area contributed by atoms with Gasteiger partial charge in [0.15, 0.2) is 0 Å². The summed E-state index contributed by atoms with van der Waals surface area (Å²) in [7, 11) is 6.09. The van der Waals surface area contributed by atoms with Gasteiger partial charge < -0.3 is 14.2 Å². The van der Waals surface area contributed by atoms with Crippen molar-refractivity contribution < 1.29 is 14.2 Å². The molecule has 3 nitrogen and oxygen atoms in total. The molecule has 7 aromatic rings. The molecule has 7 aromatic carbocycles. The Kier molecular flexibility index (Phi) is 12.2. The predicted molar refractivity (Wildman–Crippen MR) is 351 cm³/mol. The van der Waals surface area contributed by atoms with Crippen LogP contribution < -0.4 is 0 Å². The first-order chi connectivity index (χ1) is 39.1. The monoisotopic (exact) mass is 1120 g/mol. The van der Waals surface area contributed by atoms with Gasteiger partial charge in [-0.15, -0.1) is 0 Å². The summed E-state index contributed by atoms with van der Waals surface area (Å²) < 4.78 is 24.0. The number of ether oxygens (including phenoxy) is 3. The molecular weight excluding hydrogens is 1020 g/mol. The summed E-state index contributed by atoms with van der Waals surface area (Å²) in [4.78, 5) is 0. The van der Waals surface area contributed by atoms with Crippen molar-refractivity contribution in [2.75, 3.05) is 21.3 Å². The molecule has 438 valence electrons. The van der Waals surface area contributed by atoms with Crippen molar-refractivity contribution in [1.29, 1.82) is 0 Å². The molecule has 0 spiro atoms. The van der Waals surface area contributed by atoms with Crippen LogP contribution in [0.15, 0.2) is 72.8 Å². The average Bonchev–Trinajstić information content (AvgIpc) is 1.48. The third-order valence-corrected chi connectivity index (χ3v) is 23.1. The van der Waals surface area contributed by atoms with Crippen molar-refractivity contribution in [3.05, 3.63) is 206 Å². The highest BCUT2D eigenvalue weighted by molar-refractivity contribution is 6.07.